The number of rotatable bonds is 24. The van der Waals surface area contributed by atoms with Crippen LogP contribution in [0, 0.1) is 5.41 Å². The van der Waals surface area contributed by atoms with Crippen molar-refractivity contribution in [3.63, 3.8) is 0 Å². The predicted octanol–water partition coefficient (Wildman–Crippen LogP) is -1.58. The van der Waals surface area contributed by atoms with Gasteiger partial charge in [-0.15, -0.1) is 0 Å². The Hall–Kier alpha value is -2.44. The van der Waals surface area contributed by atoms with Crippen molar-refractivity contribution in [2.24, 2.45) is 25.4 Å². The molecular formula is C33H60N8O8. The van der Waals surface area contributed by atoms with Crippen LogP contribution in [0.5, 0.6) is 0 Å². The first kappa shape index (κ1) is 39.3. The average molecular weight is 697 g/mol. The summed E-state index contributed by atoms with van der Waals surface area (Å²) >= 11 is 0. The molecule has 4 heterocycles. The molecule has 4 N–H and O–H groups in total. The highest BCUT2D eigenvalue weighted by molar-refractivity contribution is 5.82. The smallest absolute Gasteiger partial charge is 0.0959 e. The van der Waals surface area contributed by atoms with Gasteiger partial charge in [0, 0.05) is 52.4 Å². The third-order valence-corrected chi connectivity index (χ3v) is 9.27. The van der Waals surface area contributed by atoms with E-state index in [0.29, 0.717) is 26.2 Å². The molecule has 4 unspecified atom stereocenters. The number of hydrogen-bond donors (Lipinski definition) is 4. The van der Waals surface area contributed by atoms with Crippen molar-refractivity contribution in [1.82, 2.24) is 19.6 Å². The van der Waals surface area contributed by atoms with Crippen LogP contribution in [-0.4, -0.2) is 219 Å². The van der Waals surface area contributed by atoms with Gasteiger partial charge in [-0.05, 0) is 27.7 Å². The predicted molar refractivity (Wildman–Crippen MR) is 188 cm³/mol. The summed E-state index contributed by atoms with van der Waals surface area (Å²) in [4.78, 5) is 25.7. The molecule has 0 aromatic rings. The lowest BCUT2D eigenvalue weighted by atomic mass is 9.92. The van der Waals surface area contributed by atoms with E-state index in [0.717, 1.165) is 75.7 Å². The fourth-order valence-electron chi connectivity index (χ4n) is 6.40. The van der Waals surface area contributed by atoms with Crippen LogP contribution >= 0.6 is 0 Å². The van der Waals surface area contributed by atoms with Crippen molar-refractivity contribution >= 4 is 23.3 Å². The van der Waals surface area contributed by atoms with Crippen molar-refractivity contribution in [2.75, 3.05) is 131 Å². The average Bonchev–Trinajstić information content (AvgIpc) is 3.85. The summed E-state index contributed by atoms with van der Waals surface area (Å²) in [5.74, 6) is 3.61. The zero-order valence-corrected chi connectivity index (χ0v) is 30.0. The van der Waals surface area contributed by atoms with Crippen molar-refractivity contribution < 1.29 is 39.4 Å². The molecule has 16 nitrogen and oxygen atoms in total. The monoisotopic (exact) mass is 696 g/mol. The van der Waals surface area contributed by atoms with E-state index in [2.05, 4.69) is 20.0 Å². The van der Waals surface area contributed by atoms with E-state index in [9.17, 15) is 20.4 Å². The van der Waals surface area contributed by atoms with Crippen LogP contribution in [0.4, 0.5) is 0 Å². The lowest BCUT2D eigenvalue weighted by Gasteiger charge is -2.35. The van der Waals surface area contributed by atoms with Crippen LogP contribution in [0.25, 0.3) is 0 Å². The molecule has 4 atom stereocenters. The van der Waals surface area contributed by atoms with Crippen LogP contribution in [-0.2, 0) is 18.9 Å². The summed E-state index contributed by atoms with van der Waals surface area (Å²) in [5, 5.41) is 43.1. The van der Waals surface area contributed by atoms with Gasteiger partial charge in [-0.2, -0.15) is 0 Å². The second-order valence-electron chi connectivity index (χ2n) is 13.7. The van der Waals surface area contributed by atoms with Gasteiger partial charge in [0.2, 0.25) is 0 Å². The Labute approximate surface area is 291 Å². The van der Waals surface area contributed by atoms with E-state index in [1.54, 1.807) is 0 Å². The van der Waals surface area contributed by atoms with Gasteiger partial charge in [0.15, 0.2) is 0 Å². The number of aliphatic imine (C=N–C) groups is 4. The van der Waals surface area contributed by atoms with Gasteiger partial charge in [-0.1, -0.05) is 0 Å². The summed E-state index contributed by atoms with van der Waals surface area (Å²) in [6.07, 6.45) is -2.96. The van der Waals surface area contributed by atoms with Gasteiger partial charge >= 0.3 is 0 Å². The van der Waals surface area contributed by atoms with Crippen molar-refractivity contribution in [3.05, 3.63) is 0 Å². The maximum absolute atomic E-state index is 10.8. The number of β-amino-alcohol motifs (C(OH)–C–C–N with tert-alkyl or cyclic N) is 4. The molecule has 0 aromatic carbocycles. The normalized spacial score (nSPS) is 21.9. The van der Waals surface area contributed by atoms with Gasteiger partial charge in [0.25, 0.3) is 0 Å². The quantitative estimate of drug-likeness (QED) is 0.0912. The minimum atomic E-state index is -0.870. The molecule has 0 saturated heterocycles. The molecule has 280 valence electrons. The van der Waals surface area contributed by atoms with Gasteiger partial charge < -0.3 is 59.0 Å². The molecule has 16 heteroatoms. The summed E-state index contributed by atoms with van der Waals surface area (Å²) in [6.45, 7) is 16.1. The zero-order valence-electron chi connectivity index (χ0n) is 30.0. The summed E-state index contributed by atoms with van der Waals surface area (Å²) < 4.78 is 24.5. The Balaban J connectivity index is 1.37. The van der Waals surface area contributed by atoms with Crippen LogP contribution in [0.2, 0.25) is 0 Å². The van der Waals surface area contributed by atoms with Gasteiger partial charge in [0.1, 0.15) is 0 Å². The van der Waals surface area contributed by atoms with Crippen molar-refractivity contribution in [1.29, 1.82) is 0 Å². The van der Waals surface area contributed by atoms with Crippen LogP contribution in [0.15, 0.2) is 20.0 Å². The van der Waals surface area contributed by atoms with Crippen molar-refractivity contribution in [2.45, 2.75) is 52.1 Å². The third-order valence-electron chi connectivity index (χ3n) is 9.27. The Bertz CT molecular complexity index is 966. The van der Waals surface area contributed by atoms with E-state index in [1.807, 2.05) is 47.3 Å². The first-order chi connectivity index (χ1) is 23.5. The minimum Gasteiger partial charge on any atom is -0.389 e. The largest absolute Gasteiger partial charge is 0.389 e. The lowest BCUT2D eigenvalue weighted by Crippen LogP contribution is -2.46. The molecule has 0 saturated carbocycles. The fourth-order valence-corrected chi connectivity index (χ4v) is 6.40. The second-order valence-corrected chi connectivity index (χ2v) is 13.7. The van der Waals surface area contributed by atoms with Gasteiger partial charge in [-0.3, -0.25) is 20.0 Å². The Morgan fingerprint density at radius 2 is 0.694 bits per heavy atom. The number of aliphatic hydroxyl groups excluding tert-OH is 4. The topological polar surface area (TPSA) is 180 Å². The molecule has 0 bridgehead atoms. The molecule has 0 amide bonds. The zero-order chi connectivity index (χ0) is 35.2. The summed E-state index contributed by atoms with van der Waals surface area (Å²) in [7, 11) is 0. The number of nitrogens with zero attached hydrogens (tertiary/aromatic N) is 8. The number of amidine groups is 4. The highest BCUT2D eigenvalue weighted by Crippen LogP contribution is 2.22. The maximum atomic E-state index is 10.8. The number of ether oxygens (including phenoxy) is 4. The van der Waals surface area contributed by atoms with E-state index in [1.165, 1.54) is 0 Å². The molecule has 0 radical (unpaired) electrons. The Kier molecular flexibility index (Phi) is 15.9. The van der Waals surface area contributed by atoms with E-state index < -0.39 is 29.8 Å². The lowest BCUT2D eigenvalue weighted by molar-refractivity contribution is -0.132. The minimum absolute atomic E-state index is 0.0775. The van der Waals surface area contributed by atoms with Crippen LogP contribution < -0.4 is 0 Å². The molecule has 0 spiro atoms. The molecule has 0 aromatic heterocycles. The Morgan fingerprint density at radius 1 is 0.469 bits per heavy atom. The highest BCUT2D eigenvalue weighted by Gasteiger charge is 2.34. The van der Waals surface area contributed by atoms with E-state index in [4.69, 9.17) is 18.9 Å². The fraction of sp³-hybridized carbons (Fsp3) is 0.879. The first-order valence-electron chi connectivity index (χ1n) is 17.6. The summed E-state index contributed by atoms with van der Waals surface area (Å²) in [6, 6.07) is 0. The van der Waals surface area contributed by atoms with Crippen LogP contribution in [0.1, 0.15) is 27.7 Å². The first-order valence-corrected chi connectivity index (χ1v) is 17.6. The summed E-state index contributed by atoms with van der Waals surface area (Å²) in [5.41, 5.74) is -0.870. The standard InChI is InChI=1S/C33H60N8O8/c1-25-34-5-9-38(25)13-29(42)17-46-21-33(22-47-18-30(43)14-39-10-6-35-26(39)2,23-48-19-31(44)15-40-11-7-36-27(40)3)24-49-20-32(45)16-41-12-8-37-28(41)4/h29-32,42-45H,5-24H2,1-4H3. The number of aliphatic hydroxyl groups is 4. The maximum Gasteiger partial charge on any atom is 0.0959 e. The highest BCUT2D eigenvalue weighted by atomic mass is 16.5. The van der Waals surface area contributed by atoms with E-state index in [-0.39, 0.29) is 52.9 Å². The molecule has 0 fully saturated rings. The SMILES string of the molecule is CC1=NCCN1CC(O)COCC(COCC(O)CN1CCN=C1C)(COCC(O)CN1CCN=C1C)COCC(O)CN1CCN=C1C. The van der Waals surface area contributed by atoms with Gasteiger partial charge in [0.05, 0.1) is 132 Å². The van der Waals surface area contributed by atoms with Gasteiger partial charge in [-0.25, -0.2) is 0 Å². The van der Waals surface area contributed by atoms with E-state index >= 15 is 0 Å². The molecular weight excluding hydrogens is 636 g/mol. The molecule has 4 rings (SSSR count). The molecule has 4 aliphatic rings. The Morgan fingerprint density at radius 3 is 0.878 bits per heavy atom. The number of hydrogen-bond acceptors (Lipinski definition) is 16. The molecule has 4 aliphatic heterocycles. The third kappa shape index (κ3) is 13.0. The second kappa shape index (κ2) is 19.8. The molecule has 49 heavy (non-hydrogen) atoms. The van der Waals surface area contributed by atoms with Crippen LogP contribution in [0.3, 0.4) is 0 Å². The van der Waals surface area contributed by atoms with Crippen molar-refractivity contribution in [3.8, 4) is 0 Å². The molecule has 0 aliphatic carbocycles.